The van der Waals surface area contributed by atoms with E-state index >= 15 is 0 Å². The highest BCUT2D eigenvalue weighted by atomic mass is 35.5. The molecule has 0 radical (unpaired) electrons. The zero-order chi connectivity index (χ0) is 17.4. The first kappa shape index (κ1) is 15.7. The van der Waals surface area contributed by atoms with Gasteiger partial charge in [-0.25, -0.2) is 13.5 Å². The summed E-state index contributed by atoms with van der Waals surface area (Å²) in [5.74, 6) is -0.832. The molecule has 0 bridgehead atoms. The molecule has 2 aromatic carbocycles. The molecule has 4 nitrogen and oxygen atoms in total. The number of halogens is 3. The quantitative estimate of drug-likeness (QED) is 0.544. The van der Waals surface area contributed by atoms with Crippen molar-refractivity contribution in [1.82, 2.24) is 20.0 Å². The van der Waals surface area contributed by atoms with Gasteiger partial charge in [-0.1, -0.05) is 28.9 Å². The van der Waals surface area contributed by atoms with Crippen molar-refractivity contribution in [2.24, 2.45) is 0 Å². The zero-order valence-electron chi connectivity index (χ0n) is 12.8. The molecule has 0 fully saturated rings. The fourth-order valence-electron chi connectivity index (χ4n) is 2.62. The van der Waals surface area contributed by atoms with Gasteiger partial charge in [-0.15, -0.1) is 5.10 Å². The summed E-state index contributed by atoms with van der Waals surface area (Å²) in [5.41, 5.74) is 2.56. The average Bonchev–Trinajstić information content (AvgIpc) is 3.00. The van der Waals surface area contributed by atoms with Crippen LogP contribution in [0.3, 0.4) is 0 Å². The summed E-state index contributed by atoms with van der Waals surface area (Å²) in [6.45, 7) is 0.385. The molecular weight excluding hydrogens is 346 g/mol. The van der Waals surface area contributed by atoms with Crippen molar-refractivity contribution >= 4 is 22.6 Å². The number of nitrogens with zero attached hydrogens (tertiary/aromatic N) is 4. The van der Waals surface area contributed by atoms with E-state index in [0.717, 1.165) is 5.56 Å². The Bertz CT molecular complexity index is 1060. The molecule has 0 amide bonds. The van der Waals surface area contributed by atoms with E-state index < -0.39 is 11.6 Å². The lowest BCUT2D eigenvalue weighted by Crippen LogP contribution is -2.02. The smallest absolute Gasteiger partial charge is 0.152 e. The van der Waals surface area contributed by atoms with Crippen LogP contribution in [0.1, 0.15) is 5.56 Å². The van der Waals surface area contributed by atoms with Crippen molar-refractivity contribution in [3.05, 3.63) is 76.9 Å². The summed E-state index contributed by atoms with van der Waals surface area (Å²) in [6.07, 6.45) is 1.64. The molecule has 4 aromatic rings. The number of rotatable bonds is 3. The van der Waals surface area contributed by atoms with Crippen LogP contribution in [0.5, 0.6) is 0 Å². The third kappa shape index (κ3) is 2.96. The molecular formula is C18H11ClF2N4. The van der Waals surface area contributed by atoms with Crippen LogP contribution in [0.4, 0.5) is 8.78 Å². The molecule has 124 valence electrons. The Morgan fingerprint density at radius 3 is 2.64 bits per heavy atom. The second kappa shape index (κ2) is 6.22. The summed E-state index contributed by atoms with van der Waals surface area (Å²) < 4.78 is 29.2. The summed E-state index contributed by atoms with van der Waals surface area (Å²) in [4.78, 5) is 4.30. The first-order chi connectivity index (χ1) is 12.1. The Morgan fingerprint density at radius 1 is 1.00 bits per heavy atom. The largest absolute Gasteiger partial charge is 0.256 e. The maximum absolute atomic E-state index is 14.0. The molecule has 7 heteroatoms. The second-order valence-electron chi connectivity index (χ2n) is 5.53. The highest BCUT2D eigenvalue weighted by Gasteiger charge is 2.10. The van der Waals surface area contributed by atoms with Crippen LogP contribution in [0.15, 0.2) is 54.7 Å². The summed E-state index contributed by atoms with van der Waals surface area (Å²) in [6, 6.07) is 12.7. The molecule has 0 saturated heterocycles. The first-order valence-electron chi connectivity index (χ1n) is 7.50. The monoisotopic (exact) mass is 356 g/mol. The molecule has 0 unspecified atom stereocenters. The van der Waals surface area contributed by atoms with Gasteiger partial charge in [0, 0.05) is 16.8 Å². The van der Waals surface area contributed by atoms with Crippen LogP contribution in [0.2, 0.25) is 5.02 Å². The number of hydrogen-bond acceptors (Lipinski definition) is 3. The van der Waals surface area contributed by atoms with Crippen molar-refractivity contribution in [3.63, 3.8) is 0 Å². The van der Waals surface area contributed by atoms with Crippen molar-refractivity contribution in [1.29, 1.82) is 0 Å². The number of benzene rings is 2. The minimum atomic E-state index is -0.425. The standard InChI is InChI=1S/C18H11ClF2N4/c19-12-5-6-13(15(21)8-12)16-7-4-11(9-22-16)10-25-17-3-1-2-14(20)18(17)23-24-25/h1-9H,10H2. The van der Waals surface area contributed by atoms with Crippen molar-refractivity contribution in [2.75, 3.05) is 0 Å². The van der Waals surface area contributed by atoms with E-state index in [1.165, 1.54) is 12.1 Å². The predicted octanol–water partition coefficient (Wildman–Crippen LogP) is 4.47. The molecule has 25 heavy (non-hydrogen) atoms. The van der Waals surface area contributed by atoms with E-state index in [2.05, 4.69) is 15.3 Å². The van der Waals surface area contributed by atoms with Gasteiger partial charge >= 0.3 is 0 Å². The van der Waals surface area contributed by atoms with Gasteiger partial charge in [-0.3, -0.25) is 4.98 Å². The zero-order valence-corrected chi connectivity index (χ0v) is 13.6. The number of fused-ring (bicyclic) bond motifs is 1. The molecule has 4 rings (SSSR count). The minimum Gasteiger partial charge on any atom is -0.256 e. The van der Waals surface area contributed by atoms with E-state index in [9.17, 15) is 8.78 Å². The average molecular weight is 357 g/mol. The lowest BCUT2D eigenvalue weighted by atomic mass is 10.1. The van der Waals surface area contributed by atoms with Crippen molar-refractivity contribution < 1.29 is 8.78 Å². The van der Waals surface area contributed by atoms with Gasteiger partial charge in [0.1, 0.15) is 11.3 Å². The fourth-order valence-corrected chi connectivity index (χ4v) is 2.78. The highest BCUT2D eigenvalue weighted by Crippen LogP contribution is 2.24. The fraction of sp³-hybridized carbons (Fsp3) is 0.0556. The highest BCUT2D eigenvalue weighted by molar-refractivity contribution is 6.30. The van der Waals surface area contributed by atoms with E-state index in [-0.39, 0.29) is 5.52 Å². The molecule has 0 atom stereocenters. The van der Waals surface area contributed by atoms with Gasteiger partial charge in [0.05, 0.1) is 17.8 Å². The topological polar surface area (TPSA) is 43.6 Å². The molecule has 0 N–H and O–H groups in total. The van der Waals surface area contributed by atoms with E-state index in [0.29, 0.717) is 28.3 Å². The minimum absolute atomic E-state index is 0.232. The number of aromatic nitrogens is 4. The van der Waals surface area contributed by atoms with Gasteiger partial charge in [0.25, 0.3) is 0 Å². The van der Waals surface area contributed by atoms with Gasteiger partial charge in [0.2, 0.25) is 0 Å². The van der Waals surface area contributed by atoms with Crippen LogP contribution >= 0.6 is 11.6 Å². The van der Waals surface area contributed by atoms with Gasteiger partial charge < -0.3 is 0 Å². The number of pyridine rings is 1. The van der Waals surface area contributed by atoms with Crippen LogP contribution in [-0.2, 0) is 6.54 Å². The van der Waals surface area contributed by atoms with Crippen molar-refractivity contribution in [2.45, 2.75) is 6.54 Å². The number of hydrogen-bond donors (Lipinski definition) is 0. The molecule has 0 spiro atoms. The van der Waals surface area contributed by atoms with Crippen LogP contribution in [0, 0.1) is 11.6 Å². The molecule has 2 heterocycles. The molecule has 0 aliphatic heterocycles. The maximum atomic E-state index is 14.0. The van der Waals surface area contributed by atoms with Crippen LogP contribution in [-0.4, -0.2) is 20.0 Å². The molecule has 0 aliphatic carbocycles. The summed E-state index contributed by atoms with van der Waals surface area (Å²) >= 11 is 5.77. The van der Waals surface area contributed by atoms with E-state index in [1.54, 1.807) is 41.2 Å². The third-order valence-electron chi connectivity index (χ3n) is 3.86. The van der Waals surface area contributed by atoms with Gasteiger partial charge in [-0.05, 0) is 42.0 Å². The van der Waals surface area contributed by atoms with Crippen LogP contribution < -0.4 is 0 Å². The van der Waals surface area contributed by atoms with Gasteiger partial charge in [0.15, 0.2) is 5.82 Å². The Balaban J connectivity index is 1.63. The maximum Gasteiger partial charge on any atom is 0.152 e. The Morgan fingerprint density at radius 2 is 1.88 bits per heavy atom. The lowest BCUT2D eigenvalue weighted by Gasteiger charge is -2.06. The second-order valence-corrected chi connectivity index (χ2v) is 5.97. The Labute approximate surface area is 146 Å². The predicted molar refractivity (Wildman–Crippen MR) is 91.2 cm³/mol. The molecule has 0 saturated carbocycles. The summed E-state index contributed by atoms with van der Waals surface area (Å²) in [7, 11) is 0. The third-order valence-corrected chi connectivity index (χ3v) is 4.10. The Hall–Kier alpha value is -2.86. The van der Waals surface area contributed by atoms with Gasteiger partial charge in [-0.2, -0.15) is 0 Å². The van der Waals surface area contributed by atoms with Crippen LogP contribution in [0.25, 0.3) is 22.3 Å². The van der Waals surface area contributed by atoms with E-state index in [1.807, 2.05) is 6.07 Å². The van der Waals surface area contributed by atoms with E-state index in [4.69, 9.17) is 11.6 Å². The summed E-state index contributed by atoms with van der Waals surface area (Å²) in [5, 5.41) is 8.17. The molecule has 2 aromatic heterocycles. The lowest BCUT2D eigenvalue weighted by molar-refractivity contribution is 0.630. The first-order valence-corrected chi connectivity index (χ1v) is 7.88. The Kier molecular flexibility index (Phi) is 3.89. The SMILES string of the molecule is Fc1cc(Cl)ccc1-c1ccc(Cn2nnc3c(F)cccc32)cn1. The normalized spacial score (nSPS) is 11.2. The van der Waals surface area contributed by atoms with Crippen molar-refractivity contribution in [3.8, 4) is 11.3 Å². The molecule has 0 aliphatic rings.